The summed E-state index contributed by atoms with van der Waals surface area (Å²) in [6.07, 6.45) is 6.96. The summed E-state index contributed by atoms with van der Waals surface area (Å²) in [5.74, 6) is 0.883. The Labute approximate surface area is 128 Å². The van der Waals surface area contributed by atoms with Crippen molar-refractivity contribution >= 4 is 30.2 Å². The van der Waals surface area contributed by atoms with Gasteiger partial charge in [-0.3, -0.25) is 5.10 Å². The lowest BCUT2D eigenvalue weighted by Gasteiger charge is -2.00. The number of hydrogen-bond acceptors (Lipinski definition) is 4. The predicted octanol–water partition coefficient (Wildman–Crippen LogP) is 3.89. The Kier molecular flexibility index (Phi) is 5.55. The van der Waals surface area contributed by atoms with Gasteiger partial charge in [-0.25, -0.2) is 0 Å². The van der Waals surface area contributed by atoms with E-state index in [4.69, 9.17) is 12.2 Å². The Morgan fingerprint density at radius 1 is 1.40 bits per heavy atom. The number of rotatable bonds is 6. The highest BCUT2D eigenvalue weighted by Gasteiger charge is 2.03. The van der Waals surface area contributed by atoms with Crippen LogP contribution in [0.15, 0.2) is 34.3 Å². The fourth-order valence-electron chi connectivity index (χ4n) is 1.75. The number of hydrogen-bond donors (Lipinski definition) is 1. The van der Waals surface area contributed by atoms with Crippen LogP contribution in [-0.2, 0) is 6.42 Å². The first kappa shape index (κ1) is 15.0. The van der Waals surface area contributed by atoms with Gasteiger partial charge in [0.15, 0.2) is 5.82 Å². The highest BCUT2D eigenvalue weighted by molar-refractivity contribution is 7.98. The Balaban J connectivity index is 2.17. The van der Waals surface area contributed by atoms with Crippen LogP contribution in [0.5, 0.6) is 0 Å². The van der Waals surface area contributed by atoms with Gasteiger partial charge in [0.05, 0.1) is 6.21 Å². The minimum Gasteiger partial charge on any atom is -0.250 e. The molecule has 4 nitrogen and oxygen atoms in total. The molecule has 106 valence electrons. The third-order valence-corrected chi connectivity index (χ3v) is 3.92. The molecule has 0 radical (unpaired) electrons. The number of unbranched alkanes of at least 4 members (excludes halogenated alkanes) is 1. The first-order chi connectivity index (χ1) is 9.74. The molecule has 1 aromatic carbocycles. The fraction of sp³-hybridized carbons (Fsp3) is 0.357. The van der Waals surface area contributed by atoms with Gasteiger partial charge in [0.2, 0.25) is 4.77 Å². The molecule has 20 heavy (non-hydrogen) atoms. The van der Waals surface area contributed by atoms with Crippen molar-refractivity contribution in [2.45, 2.75) is 31.1 Å². The number of aryl methyl sites for hydroxylation is 1. The van der Waals surface area contributed by atoms with Gasteiger partial charge in [-0.1, -0.05) is 25.5 Å². The topological polar surface area (TPSA) is 46.0 Å². The van der Waals surface area contributed by atoms with E-state index in [0.29, 0.717) is 4.77 Å². The Morgan fingerprint density at radius 3 is 2.80 bits per heavy atom. The quantitative estimate of drug-likeness (QED) is 0.500. The highest BCUT2D eigenvalue weighted by atomic mass is 32.2. The maximum Gasteiger partial charge on any atom is 0.216 e. The van der Waals surface area contributed by atoms with E-state index in [1.54, 1.807) is 16.4 Å². The van der Waals surface area contributed by atoms with E-state index < -0.39 is 0 Å². The number of aromatic nitrogens is 3. The van der Waals surface area contributed by atoms with Crippen LogP contribution in [0, 0.1) is 4.77 Å². The van der Waals surface area contributed by atoms with E-state index in [2.05, 4.69) is 40.6 Å². The summed E-state index contributed by atoms with van der Waals surface area (Å²) in [5.41, 5.74) is 1.05. The van der Waals surface area contributed by atoms with Gasteiger partial charge >= 0.3 is 0 Å². The molecule has 0 spiro atoms. The summed E-state index contributed by atoms with van der Waals surface area (Å²) < 4.78 is 2.24. The zero-order valence-electron chi connectivity index (χ0n) is 11.7. The predicted molar refractivity (Wildman–Crippen MR) is 87.2 cm³/mol. The zero-order chi connectivity index (χ0) is 14.4. The van der Waals surface area contributed by atoms with Gasteiger partial charge in [0.25, 0.3) is 0 Å². The monoisotopic (exact) mass is 306 g/mol. The minimum atomic E-state index is 0.535. The first-order valence-corrected chi connectivity index (χ1v) is 8.22. The third kappa shape index (κ3) is 3.80. The summed E-state index contributed by atoms with van der Waals surface area (Å²) in [5, 5.41) is 11.5. The average molecular weight is 306 g/mol. The van der Waals surface area contributed by atoms with Crippen LogP contribution in [0.4, 0.5) is 0 Å². The van der Waals surface area contributed by atoms with Gasteiger partial charge in [0.1, 0.15) is 0 Å². The molecule has 0 saturated heterocycles. The van der Waals surface area contributed by atoms with Crippen LogP contribution in [0.25, 0.3) is 0 Å². The van der Waals surface area contributed by atoms with Crippen LogP contribution < -0.4 is 0 Å². The molecule has 0 bridgehead atoms. The van der Waals surface area contributed by atoms with Crippen molar-refractivity contribution in [1.82, 2.24) is 14.9 Å². The molecular weight excluding hydrogens is 288 g/mol. The average Bonchev–Trinajstić information content (AvgIpc) is 2.84. The fourth-order valence-corrected chi connectivity index (χ4v) is 2.36. The smallest absolute Gasteiger partial charge is 0.216 e. The molecule has 0 saturated carbocycles. The second kappa shape index (κ2) is 7.40. The van der Waals surface area contributed by atoms with E-state index in [1.807, 2.05) is 18.3 Å². The molecule has 0 aliphatic carbocycles. The molecule has 1 aromatic heterocycles. The maximum atomic E-state index is 5.21. The van der Waals surface area contributed by atoms with Crippen LogP contribution in [-0.4, -0.2) is 27.3 Å². The van der Waals surface area contributed by atoms with E-state index in [-0.39, 0.29) is 0 Å². The minimum absolute atomic E-state index is 0.535. The summed E-state index contributed by atoms with van der Waals surface area (Å²) in [6, 6.07) is 8.26. The van der Waals surface area contributed by atoms with Crippen molar-refractivity contribution < 1.29 is 0 Å². The van der Waals surface area contributed by atoms with Gasteiger partial charge in [-0.2, -0.15) is 14.9 Å². The Bertz CT molecular complexity index is 625. The van der Waals surface area contributed by atoms with Crippen molar-refractivity contribution in [3.63, 3.8) is 0 Å². The van der Waals surface area contributed by atoms with Gasteiger partial charge < -0.3 is 0 Å². The third-order valence-electron chi connectivity index (χ3n) is 2.91. The summed E-state index contributed by atoms with van der Waals surface area (Å²) in [4.78, 5) is 1.24. The lowest BCUT2D eigenvalue weighted by Crippen LogP contribution is -1.99. The Hall–Kier alpha value is -1.40. The molecule has 0 unspecified atom stereocenters. The van der Waals surface area contributed by atoms with Gasteiger partial charge in [-0.15, -0.1) is 11.8 Å². The highest BCUT2D eigenvalue weighted by Crippen LogP contribution is 2.14. The number of aromatic amines is 1. The second-order valence-electron chi connectivity index (χ2n) is 4.38. The summed E-state index contributed by atoms with van der Waals surface area (Å²) in [6.45, 7) is 2.15. The molecule has 6 heteroatoms. The number of thioether (sulfide) groups is 1. The molecule has 1 heterocycles. The van der Waals surface area contributed by atoms with E-state index in [0.717, 1.165) is 30.7 Å². The van der Waals surface area contributed by atoms with E-state index >= 15 is 0 Å². The van der Waals surface area contributed by atoms with E-state index in [9.17, 15) is 0 Å². The molecule has 1 N–H and O–H groups in total. The van der Waals surface area contributed by atoms with Crippen LogP contribution in [0.2, 0.25) is 0 Å². The van der Waals surface area contributed by atoms with Crippen LogP contribution in [0.1, 0.15) is 31.2 Å². The first-order valence-electron chi connectivity index (χ1n) is 6.59. The molecular formula is C14H18N4S2. The summed E-state index contributed by atoms with van der Waals surface area (Å²) in [7, 11) is 0. The number of nitrogens with zero attached hydrogens (tertiary/aromatic N) is 3. The molecule has 2 rings (SSSR count). The second-order valence-corrected chi connectivity index (χ2v) is 5.64. The molecule has 0 atom stereocenters. The van der Waals surface area contributed by atoms with E-state index in [1.165, 1.54) is 4.90 Å². The van der Waals surface area contributed by atoms with Crippen LogP contribution >= 0.6 is 24.0 Å². The SMILES string of the molecule is CCCCc1n[nH]c(=S)n1/N=C\c1ccc(SC)cc1. The van der Waals surface area contributed by atoms with Crippen molar-refractivity contribution in [3.05, 3.63) is 40.4 Å². The lowest BCUT2D eigenvalue weighted by molar-refractivity contribution is 0.700. The van der Waals surface area contributed by atoms with Gasteiger partial charge in [-0.05, 0) is 42.6 Å². The largest absolute Gasteiger partial charge is 0.250 e. The number of benzene rings is 1. The standard InChI is InChI=1S/C14H18N4S2/c1-3-4-5-13-16-17-14(19)18(13)15-10-11-6-8-12(20-2)9-7-11/h6-10H,3-5H2,1-2H3,(H,17,19)/b15-10-. The van der Waals surface area contributed by atoms with Crippen molar-refractivity contribution in [2.24, 2.45) is 5.10 Å². The van der Waals surface area contributed by atoms with Crippen LogP contribution in [0.3, 0.4) is 0 Å². The molecule has 2 aromatic rings. The lowest BCUT2D eigenvalue weighted by atomic mass is 10.2. The van der Waals surface area contributed by atoms with Crippen molar-refractivity contribution in [2.75, 3.05) is 6.26 Å². The molecule has 0 fully saturated rings. The normalized spacial score (nSPS) is 11.3. The van der Waals surface area contributed by atoms with Gasteiger partial charge in [0, 0.05) is 11.3 Å². The maximum absolute atomic E-state index is 5.21. The zero-order valence-corrected chi connectivity index (χ0v) is 13.3. The molecule has 0 amide bonds. The Morgan fingerprint density at radius 2 is 2.15 bits per heavy atom. The van der Waals surface area contributed by atoms with Crippen molar-refractivity contribution in [1.29, 1.82) is 0 Å². The number of nitrogens with one attached hydrogen (secondary N) is 1. The number of H-pyrrole nitrogens is 1. The summed E-state index contributed by atoms with van der Waals surface area (Å²) >= 11 is 6.93. The molecule has 0 aliphatic heterocycles. The van der Waals surface area contributed by atoms with Crippen molar-refractivity contribution in [3.8, 4) is 0 Å². The molecule has 0 aliphatic rings.